The second kappa shape index (κ2) is 10.3. The Hall–Kier alpha value is -0.470. The van der Waals surface area contributed by atoms with Gasteiger partial charge in [0.2, 0.25) is 0 Å². The van der Waals surface area contributed by atoms with Gasteiger partial charge in [-0.25, -0.2) is 0 Å². The van der Waals surface area contributed by atoms with Crippen LogP contribution in [0.3, 0.4) is 0 Å². The Morgan fingerprint density at radius 2 is 2.10 bits per heavy atom. The molecule has 1 unspecified atom stereocenters. The van der Waals surface area contributed by atoms with Crippen molar-refractivity contribution in [2.75, 3.05) is 26.9 Å². The number of aromatic nitrogens is 2. The fourth-order valence-electron chi connectivity index (χ4n) is 2.16. The monoisotopic (exact) mass is 362 g/mol. The van der Waals surface area contributed by atoms with Gasteiger partial charge in [-0.1, -0.05) is 6.92 Å². The maximum Gasteiger partial charge on any atom is 0.0766 e. The third-order valence-electron chi connectivity index (χ3n) is 3.41. The van der Waals surface area contributed by atoms with E-state index in [1.54, 1.807) is 7.11 Å². The Morgan fingerprint density at radius 3 is 2.67 bits per heavy atom. The molecule has 0 aliphatic rings. The van der Waals surface area contributed by atoms with E-state index in [2.05, 4.69) is 40.3 Å². The smallest absolute Gasteiger partial charge is 0.0766 e. The van der Waals surface area contributed by atoms with Gasteiger partial charge in [-0.15, -0.1) is 0 Å². The lowest BCUT2D eigenvalue weighted by Crippen LogP contribution is -2.38. The molecule has 1 atom stereocenters. The van der Waals surface area contributed by atoms with Gasteiger partial charge in [-0.2, -0.15) is 5.10 Å². The quantitative estimate of drug-likeness (QED) is 0.355. The molecule has 0 bridgehead atoms. The summed E-state index contributed by atoms with van der Waals surface area (Å²) in [5.41, 5.74) is 5.16. The zero-order chi connectivity index (χ0) is 15.7. The number of nitrogens with one attached hydrogen (secondary N) is 1. The van der Waals surface area contributed by atoms with Crippen LogP contribution in [0.5, 0.6) is 0 Å². The molecule has 1 heterocycles. The Labute approximate surface area is 135 Å². The van der Waals surface area contributed by atoms with Gasteiger partial charge < -0.3 is 9.47 Å². The SMILES string of the molecule is CCc1nn(CC)c(CC(CCOCCOC)NN)c1Br. The van der Waals surface area contributed by atoms with Crippen molar-refractivity contribution in [3.8, 4) is 0 Å². The third-order valence-corrected chi connectivity index (χ3v) is 4.33. The normalized spacial score (nSPS) is 12.8. The van der Waals surface area contributed by atoms with Gasteiger partial charge in [0.25, 0.3) is 0 Å². The molecule has 0 saturated heterocycles. The van der Waals surface area contributed by atoms with Crippen LogP contribution >= 0.6 is 15.9 Å². The van der Waals surface area contributed by atoms with Gasteiger partial charge in [0.05, 0.1) is 29.1 Å². The van der Waals surface area contributed by atoms with Crippen molar-refractivity contribution in [2.45, 2.75) is 45.7 Å². The molecule has 0 fully saturated rings. The van der Waals surface area contributed by atoms with Crippen LogP contribution in [0.2, 0.25) is 0 Å². The molecule has 21 heavy (non-hydrogen) atoms. The number of rotatable bonds is 11. The van der Waals surface area contributed by atoms with Gasteiger partial charge in [0.15, 0.2) is 0 Å². The number of nitrogens with two attached hydrogens (primary N) is 1. The summed E-state index contributed by atoms with van der Waals surface area (Å²) in [4.78, 5) is 0. The molecule has 1 aromatic heterocycles. The molecule has 0 aromatic carbocycles. The molecular formula is C14H27BrN4O2. The van der Waals surface area contributed by atoms with Crippen LogP contribution in [0.4, 0.5) is 0 Å². The number of ether oxygens (including phenoxy) is 2. The van der Waals surface area contributed by atoms with Crippen molar-refractivity contribution < 1.29 is 9.47 Å². The minimum atomic E-state index is 0.163. The summed E-state index contributed by atoms with van der Waals surface area (Å²) in [5, 5.41) is 4.61. The van der Waals surface area contributed by atoms with E-state index in [-0.39, 0.29) is 6.04 Å². The van der Waals surface area contributed by atoms with Gasteiger partial charge >= 0.3 is 0 Å². The summed E-state index contributed by atoms with van der Waals surface area (Å²) < 4.78 is 13.6. The molecule has 0 amide bonds. The average Bonchev–Trinajstić information content (AvgIpc) is 2.81. The highest BCUT2D eigenvalue weighted by Crippen LogP contribution is 2.24. The number of methoxy groups -OCH3 is 1. The van der Waals surface area contributed by atoms with Crippen molar-refractivity contribution in [1.82, 2.24) is 15.2 Å². The number of aryl methyl sites for hydroxylation is 2. The predicted molar refractivity (Wildman–Crippen MR) is 87.1 cm³/mol. The zero-order valence-electron chi connectivity index (χ0n) is 13.2. The van der Waals surface area contributed by atoms with Crippen LogP contribution in [0.25, 0.3) is 0 Å². The molecule has 0 radical (unpaired) electrons. The first kappa shape index (κ1) is 18.6. The van der Waals surface area contributed by atoms with E-state index in [4.69, 9.17) is 15.3 Å². The van der Waals surface area contributed by atoms with Crippen molar-refractivity contribution in [3.63, 3.8) is 0 Å². The van der Waals surface area contributed by atoms with E-state index < -0.39 is 0 Å². The minimum absolute atomic E-state index is 0.163. The summed E-state index contributed by atoms with van der Waals surface area (Å²) in [7, 11) is 1.67. The van der Waals surface area contributed by atoms with Crippen LogP contribution < -0.4 is 11.3 Å². The molecular weight excluding hydrogens is 336 g/mol. The van der Waals surface area contributed by atoms with E-state index in [0.29, 0.717) is 19.8 Å². The standard InChI is InChI=1S/C14H27BrN4O2/c1-4-12-14(15)13(19(5-2)18-12)10-11(17-16)6-7-21-9-8-20-3/h11,17H,4-10,16H2,1-3H3. The maximum absolute atomic E-state index is 5.67. The first-order valence-corrected chi connectivity index (χ1v) is 8.23. The van der Waals surface area contributed by atoms with Gasteiger partial charge in [-0.05, 0) is 35.7 Å². The van der Waals surface area contributed by atoms with Gasteiger partial charge in [0, 0.05) is 32.7 Å². The number of nitrogens with zero attached hydrogens (tertiary/aromatic N) is 2. The average molecular weight is 363 g/mol. The van der Waals surface area contributed by atoms with E-state index in [1.165, 1.54) is 5.69 Å². The summed E-state index contributed by atoms with van der Waals surface area (Å²) >= 11 is 3.66. The molecule has 122 valence electrons. The van der Waals surface area contributed by atoms with Crippen molar-refractivity contribution in [1.29, 1.82) is 0 Å². The largest absolute Gasteiger partial charge is 0.382 e. The fraction of sp³-hybridized carbons (Fsp3) is 0.786. The zero-order valence-corrected chi connectivity index (χ0v) is 14.8. The van der Waals surface area contributed by atoms with Gasteiger partial charge in [0.1, 0.15) is 0 Å². The van der Waals surface area contributed by atoms with Crippen molar-refractivity contribution >= 4 is 15.9 Å². The highest BCUT2D eigenvalue weighted by molar-refractivity contribution is 9.10. The number of hydrogen-bond donors (Lipinski definition) is 2. The second-order valence-corrected chi connectivity index (χ2v) is 5.63. The second-order valence-electron chi connectivity index (χ2n) is 4.84. The first-order valence-electron chi connectivity index (χ1n) is 7.44. The van der Waals surface area contributed by atoms with Crippen LogP contribution in [0.1, 0.15) is 31.7 Å². The minimum Gasteiger partial charge on any atom is -0.382 e. The van der Waals surface area contributed by atoms with Crippen LogP contribution in [-0.4, -0.2) is 42.8 Å². The molecule has 3 N–H and O–H groups in total. The van der Waals surface area contributed by atoms with E-state index in [0.717, 1.165) is 36.0 Å². The molecule has 1 rings (SSSR count). The lowest BCUT2D eigenvalue weighted by Gasteiger charge is -2.17. The number of hydrazine groups is 1. The Balaban J connectivity index is 2.58. The summed E-state index contributed by atoms with van der Waals surface area (Å²) in [6.45, 7) is 6.96. The molecule has 7 heteroatoms. The van der Waals surface area contributed by atoms with Gasteiger partial charge in [-0.3, -0.25) is 16.0 Å². The third kappa shape index (κ3) is 5.67. The summed E-state index contributed by atoms with van der Waals surface area (Å²) in [6.07, 6.45) is 2.59. The number of halogens is 1. The fourth-order valence-corrected chi connectivity index (χ4v) is 2.89. The lowest BCUT2D eigenvalue weighted by molar-refractivity contribution is 0.0657. The van der Waals surface area contributed by atoms with Crippen LogP contribution in [0.15, 0.2) is 4.47 Å². The highest BCUT2D eigenvalue weighted by Gasteiger charge is 2.17. The predicted octanol–water partition coefficient (Wildman–Crippen LogP) is 1.66. The molecule has 0 spiro atoms. The first-order chi connectivity index (χ1) is 10.2. The Morgan fingerprint density at radius 1 is 1.33 bits per heavy atom. The Bertz CT molecular complexity index is 412. The van der Waals surface area contributed by atoms with Crippen LogP contribution in [0, 0.1) is 0 Å². The van der Waals surface area contributed by atoms with Crippen LogP contribution in [-0.2, 0) is 28.9 Å². The van der Waals surface area contributed by atoms with E-state index in [1.807, 2.05) is 4.68 Å². The molecule has 1 aromatic rings. The van der Waals surface area contributed by atoms with Crippen molar-refractivity contribution in [3.05, 3.63) is 15.9 Å². The molecule has 0 aliphatic carbocycles. The van der Waals surface area contributed by atoms with Crippen molar-refractivity contribution in [2.24, 2.45) is 5.84 Å². The molecule has 0 aliphatic heterocycles. The lowest BCUT2D eigenvalue weighted by atomic mass is 10.1. The van der Waals surface area contributed by atoms with E-state index >= 15 is 0 Å². The summed E-state index contributed by atoms with van der Waals surface area (Å²) in [6, 6.07) is 0.163. The molecule has 6 nitrogen and oxygen atoms in total. The topological polar surface area (TPSA) is 74.3 Å². The molecule has 0 saturated carbocycles. The van der Waals surface area contributed by atoms with E-state index in [9.17, 15) is 0 Å². The maximum atomic E-state index is 5.67. The number of hydrogen-bond acceptors (Lipinski definition) is 5. The Kier molecular flexibility index (Phi) is 9.10. The summed E-state index contributed by atoms with van der Waals surface area (Å²) in [5.74, 6) is 5.67. The highest BCUT2D eigenvalue weighted by atomic mass is 79.9.